The Morgan fingerprint density at radius 3 is 1.10 bits per heavy atom. The summed E-state index contributed by atoms with van der Waals surface area (Å²) >= 11 is 4.90. The Labute approximate surface area is 645 Å². The maximum absolute atomic E-state index is 12.6. The van der Waals surface area contributed by atoms with Crippen LogP contribution in [0, 0.1) is 0 Å². The summed E-state index contributed by atoms with van der Waals surface area (Å²) in [6.07, 6.45) is 16.0. The van der Waals surface area contributed by atoms with E-state index in [9.17, 15) is 32.7 Å². The number of carboxylic acid groups (broad SMARTS) is 3. The normalized spacial score (nSPS) is 19.6. The third-order valence-electron chi connectivity index (χ3n) is 20.4. The van der Waals surface area contributed by atoms with Crippen molar-refractivity contribution in [1.29, 1.82) is 0 Å². The zero-order valence-corrected chi connectivity index (χ0v) is 62.0. The number of nitrogens with zero attached hydrogens (tertiary/aromatic N) is 11. The molecule has 3 saturated heterocycles. The second-order valence-electron chi connectivity index (χ2n) is 27.2. The number of esters is 1. The van der Waals surface area contributed by atoms with E-state index in [0.29, 0.717) is 68.9 Å². The number of alkyl halides is 3. The lowest BCUT2D eigenvalue weighted by Gasteiger charge is -2.29. The second kappa shape index (κ2) is 41.2. The van der Waals surface area contributed by atoms with Gasteiger partial charge in [-0.25, -0.2) is 28.5 Å². The predicted octanol–water partition coefficient (Wildman–Crippen LogP) is 17.8. The Kier molecular flexibility index (Phi) is 32.3. The number of thioether (sulfide) groups is 3. The smallest absolute Gasteiger partial charge is 0.490 e. The van der Waals surface area contributed by atoms with Crippen molar-refractivity contribution in [2.24, 2.45) is 0 Å². The number of hydrogen-bond donors (Lipinski definition) is 4. The van der Waals surface area contributed by atoms with Crippen LogP contribution in [0.15, 0.2) is 136 Å². The van der Waals surface area contributed by atoms with Gasteiger partial charge in [0.25, 0.3) is 0 Å². The molecule has 28 heteroatoms. The van der Waals surface area contributed by atoms with Gasteiger partial charge in [-0.15, -0.1) is 43.9 Å². The number of carboxylic acids is 3. The van der Waals surface area contributed by atoms with E-state index in [0.717, 1.165) is 105 Å². The van der Waals surface area contributed by atoms with Gasteiger partial charge in [0.1, 0.15) is 21.6 Å². The first kappa shape index (κ1) is 84.9. The molecule has 6 heterocycles. The molecule has 0 atom stereocenters. The molecule has 5 aromatic carbocycles. The number of carbonyl (C=O) groups is 4. The molecule has 3 aliphatic carbocycles. The Bertz CT molecular complexity index is 4070. The van der Waals surface area contributed by atoms with Crippen LogP contribution in [-0.4, -0.2) is 167 Å². The monoisotopic (exact) mass is 1550 g/mol. The van der Waals surface area contributed by atoms with Gasteiger partial charge in [-0.2, -0.15) is 18.4 Å². The molecule has 6 aliphatic rings. The molecule has 0 bridgehead atoms. The second-order valence-corrected chi connectivity index (χ2v) is 31.1. The number of anilines is 3. The highest BCUT2D eigenvalue weighted by Crippen LogP contribution is 2.45. The largest absolute Gasteiger partial charge is 0.497 e. The molecule has 0 radical (unpaired) electrons. The van der Waals surface area contributed by atoms with Crippen molar-refractivity contribution in [3.05, 3.63) is 166 Å². The number of hydrogen-bond acceptors (Lipinski definition) is 19. The average molecular weight is 1550 g/mol. The zero-order chi connectivity index (χ0) is 73.8. The number of aliphatic carboxylic acids is 1. The summed E-state index contributed by atoms with van der Waals surface area (Å²) in [6.45, 7) is 10.2. The molecule has 22 nitrogen and oxygen atoms in total. The first-order chi connectivity index (χ1) is 50.9. The van der Waals surface area contributed by atoms with Crippen LogP contribution < -0.4 is 24.2 Å². The number of aromatic nitrogens is 9. The van der Waals surface area contributed by atoms with Gasteiger partial charge >= 0.3 is 30.1 Å². The minimum Gasteiger partial charge on any atom is -0.497 e. The number of benzene rings is 5. The van der Waals surface area contributed by atoms with Crippen molar-refractivity contribution in [2.45, 2.75) is 213 Å². The van der Waals surface area contributed by atoms with Crippen molar-refractivity contribution in [1.82, 2.24) is 45.4 Å². The standard InChI is InChI=1S/C29H36N4O3S.C27H32N4O3S.C19H24N4O2S.C2HF3O2.3CH4/c1-3-36-29(34)27-28(33(31-30-27)20-21-6-14-25(35-2)15-7-21)37-26-16-10-23(11-17-26)22-8-12-24(13-9-22)32-18-4-5-19-32;1-34-23-12-4-19(5-13-23)18-31-26(25(27(32)33)28-29-31)35-24-14-8-21(9-15-24)20-6-10-22(11-7-20)30-16-2-3-17-30;24-19(25)17-18(21-22-20-17)26-16-9-5-14(6-10-16)13-3-7-15(8-4-13)23-11-1-2-12-23;3-2(4,5)1(6)7;;;/h6-9,12-15,23,26H,3-5,10-11,16-20H2,1-2H3;4-7,10-13,21,24H,2-3,8-9,14-18H2,1H3,(H,32,33);3-4,7-8,14,16H,1-2,5-6,9-12H2,(H,24,25)(H,20,21,22);(H,6,7);3*1H4. The number of carbonyl (C=O) groups excluding carboxylic acids is 1. The fourth-order valence-electron chi connectivity index (χ4n) is 14.6. The molecule has 108 heavy (non-hydrogen) atoms. The fourth-order valence-corrected chi connectivity index (χ4v) is 18.3. The zero-order valence-electron chi connectivity index (χ0n) is 59.6. The summed E-state index contributed by atoms with van der Waals surface area (Å²) < 4.78 is 51.1. The van der Waals surface area contributed by atoms with Crippen LogP contribution >= 0.6 is 35.3 Å². The molecule has 0 spiro atoms. The summed E-state index contributed by atoms with van der Waals surface area (Å²) in [5.74, 6) is -1.84. The molecule has 0 unspecified atom stereocenters. The molecule has 584 valence electrons. The highest BCUT2D eigenvalue weighted by molar-refractivity contribution is 8.00. The number of rotatable bonds is 22. The lowest BCUT2D eigenvalue weighted by molar-refractivity contribution is -0.192. The van der Waals surface area contributed by atoms with E-state index >= 15 is 0 Å². The SMILES string of the molecule is C.C.C.CCOC(=O)c1nnn(Cc2ccc(OC)cc2)c1SC1CCC(c2ccc(N3CCCC3)cc2)CC1.COc1ccc(Cn2nnc(C(=O)O)c2SC2CCC(c3ccc(N4CCCC4)cc3)CC2)cc1.O=C(O)C(F)(F)F.O=C(O)c1n[nH]nc1SC1CCC(c2ccc(N3CCCC3)cc2)CC1. The van der Waals surface area contributed by atoms with Gasteiger partial charge in [0.05, 0.1) is 33.9 Å². The Hall–Kier alpha value is -8.76. The lowest BCUT2D eigenvalue weighted by atomic mass is 9.84. The van der Waals surface area contributed by atoms with Gasteiger partial charge in [-0.05, 0) is 229 Å². The quantitative estimate of drug-likeness (QED) is 0.0459. The van der Waals surface area contributed by atoms with E-state index in [1.165, 1.54) is 112 Å². The Balaban J connectivity index is 0.000000195. The first-order valence-electron chi connectivity index (χ1n) is 36.4. The van der Waals surface area contributed by atoms with Crippen molar-refractivity contribution in [3.63, 3.8) is 0 Å². The lowest BCUT2D eigenvalue weighted by Crippen LogP contribution is -2.21. The maximum atomic E-state index is 12.6. The summed E-state index contributed by atoms with van der Waals surface area (Å²) in [5.41, 5.74) is 10.9. The minimum absolute atomic E-state index is 0. The highest BCUT2D eigenvalue weighted by atomic mass is 32.2. The van der Waals surface area contributed by atoms with Gasteiger partial charge in [0, 0.05) is 72.1 Å². The number of methoxy groups -OCH3 is 2. The highest BCUT2D eigenvalue weighted by Gasteiger charge is 2.38. The van der Waals surface area contributed by atoms with Crippen LogP contribution in [0.2, 0.25) is 0 Å². The molecule has 14 rings (SSSR count). The summed E-state index contributed by atoms with van der Waals surface area (Å²) in [6, 6.07) is 43.2. The average Bonchev–Trinajstić information content (AvgIpc) is 1.60. The van der Waals surface area contributed by atoms with Crippen molar-refractivity contribution in [3.8, 4) is 11.5 Å². The van der Waals surface area contributed by atoms with Crippen LogP contribution in [0.3, 0.4) is 0 Å². The Morgan fingerprint density at radius 1 is 0.463 bits per heavy atom. The van der Waals surface area contributed by atoms with Crippen molar-refractivity contribution >= 4 is 76.2 Å². The van der Waals surface area contributed by atoms with E-state index in [2.05, 4.69) is 124 Å². The topological polar surface area (TPSA) is 269 Å². The van der Waals surface area contributed by atoms with Crippen LogP contribution in [0.1, 0.15) is 222 Å². The van der Waals surface area contributed by atoms with E-state index in [-0.39, 0.29) is 33.7 Å². The number of aromatic carboxylic acids is 2. The van der Waals surface area contributed by atoms with Crippen LogP contribution in [0.4, 0.5) is 30.2 Å². The van der Waals surface area contributed by atoms with Crippen LogP contribution in [-0.2, 0) is 22.6 Å². The number of aromatic amines is 1. The molecule has 3 saturated carbocycles. The van der Waals surface area contributed by atoms with Crippen molar-refractivity contribution < 1.29 is 61.9 Å². The molecule has 3 aromatic heterocycles. The number of ether oxygens (including phenoxy) is 3. The van der Waals surface area contributed by atoms with E-state index < -0.39 is 30.1 Å². The fraction of sp³-hybridized carbons (Fsp3) is 0.500. The molecule has 8 aromatic rings. The molecular formula is C80H105F3N12O10S3. The molecule has 6 fully saturated rings. The Morgan fingerprint density at radius 2 is 0.787 bits per heavy atom. The minimum atomic E-state index is -5.08. The van der Waals surface area contributed by atoms with Gasteiger partial charge in [-0.3, -0.25) is 0 Å². The first-order valence-corrected chi connectivity index (χ1v) is 39.1. The third kappa shape index (κ3) is 23.2. The predicted molar refractivity (Wildman–Crippen MR) is 421 cm³/mol. The van der Waals surface area contributed by atoms with Crippen LogP contribution in [0.25, 0.3) is 0 Å². The molecule has 0 amide bonds. The summed E-state index contributed by atoms with van der Waals surface area (Å²) in [7, 11) is 3.30. The number of halogens is 3. The van der Waals surface area contributed by atoms with E-state index in [1.54, 1.807) is 54.2 Å². The van der Waals surface area contributed by atoms with Crippen molar-refractivity contribution in [2.75, 3.05) is 74.8 Å². The molecule has 3 aliphatic heterocycles. The van der Waals surface area contributed by atoms with Gasteiger partial charge < -0.3 is 44.2 Å². The number of H-pyrrole nitrogens is 1. The van der Waals surface area contributed by atoms with E-state index in [1.807, 2.05) is 60.1 Å². The third-order valence-corrected chi connectivity index (χ3v) is 24.5. The molecule has 4 N–H and O–H groups in total. The summed E-state index contributed by atoms with van der Waals surface area (Å²) in [4.78, 5) is 51.9. The maximum Gasteiger partial charge on any atom is 0.490 e. The van der Waals surface area contributed by atoms with E-state index in [4.69, 9.17) is 29.2 Å². The van der Waals surface area contributed by atoms with Gasteiger partial charge in [0.15, 0.2) is 5.03 Å². The molecular weight excluding hydrogens is 1440 g/mol. The van der Waals surface area contributed by atoms with Crippen LogP contribution in [0.5, 0.6) is 11.5 Å². The number of nitrogens with one attached hydrogen (secondary N) is 1. The van der Waals surface area contributed by atoms with Gasteiger partial charge in [-0.1, -0.05) is 105 Å². The van der Waals surface area contributed by atoms with Gasteiger partial charge in [0.2, 0.25) is 17.1 Å². The summed E-state index contributed by atoms with van der Waals surface area (Å²) in [5, 5.41) is 56.0.